The van der Waals surface area contributed by atoms with Crippen molar-refractivity contribution in [2.75, 3.05) is 46.8 Å². The molecular formula is C18H25N5O3. The van der Waals surface area contributed by atoms with E-state index in [9.17, 15) is 14.4 Å². The Morgan fingerprint density at radius 2 is 1.73 bits per heavy atom. The second-order valence-electron chi connectivity index (χ2n) is 7.02. The standard InChI is InChI=1S/C18H25N5O3/c1-20(2)18(26)22-9-7-21(8-10-22)17(25)15-11-16(24)23(13-15)12-14-3-5-19-6-4-14/h3-6,15H,7-13H2,1-2H3. The van der Waals surface area contributed by atoms with E-state index in [0.717, 1.165) is 5.56 Å². The van der Waals surface area contributed by atoms with Crippen LogP contribution in [0.3, 0.4) is 0 Å². The molecule has 26 heavy (non-hydrogen) atoms. The Morgan fingerprint density at radius 1 is 1.12 bits per heavy atom. The average molecular weight is 359 g/mol. The summed E-state index contributed by atoms with van der Waals surface area (Å²) in [6, 6.07) is 3.73. The van der Waals surface area contributed by atoms with Crippen molar-refractivity contribution < 1.29 is 14.4 Å². The molecule has 3 rings (SSSR count). The van der Waals surface area contributed by atoms with E-state index in [1.54, 1.807) is 46.1 Å². The van der Waals surface area contributed by atoms with Crippen LogP contribution in [0.2, 0.25) is 0 Å². The van der Waals surface area contributed by atoms with Crippen LogP contribution in [0.4, 0.5) is 4.79 Å². The number of carbonyl (C=O) groups excluding carboxylic acids is 3. The summed E-state index contributed by atoms with van der Waals surface area (Å²) in [5.41, 5.74) is 1.01. The third-order valence-electron chi connectivity index (χ3n) is 4.93. The van der Waals surface area contributed by atoms with Gasteiger partial charge in [-0.3, -0.25) is 14.6 Å². The molecule has 2 aliphatic heterocycles. The molecule has 0 aliphatic carbocycles. The van der Waals surface area contributed by atoms with Gasteiger partial charge in [0.15, 0.2) is 0 Å². The third-order valence-corrected chi connectivity index (χ3v) is 4.93. The van der Waals surface area contributed by atoms with E-state index in [0.29, 0.717) is 39.3 Å². The fraction of sp³-hybridized carbons (Fsp3) is 0.556. The third kappa shape index (κ3) is 3.95. The molecule has 8 heteroatoms. The molecule has 0 bridgehead atoms. The zero-order chi connectivity index (χ0) is 18.7. The van der Waals surface area contributed by atoms with Gasteiger partial charge in [0.2, 0.25) is 11.8 Å². The minimum Gasteiger partial charge on any atom is -0.339 e. The predicted octanol–water partition coefficient (Wildman–Crippen LogP) is 0.256. The summed E-state index contributed by atoms with van der Waals surface area (Å²) < 4.78 is 0. The predicted molar refractivity (Wildman–Crippen MR) is 95.0 cm³/mol. The number of hydrogen-bond acceptors (Lipinski definition) is 4. The monoisotopic (exact) mass is 359 g/mol. The normalized spacial score (nSPS) is 20.5. The lowest BCUT2D eigenvalue weighted by Crippen LogP contribution is -2.54. The van der Waals surface area contributed by atoms with Crippen molar-refractivity contribution in [3.05, 3.63) is 30.1 Å². The first-order valence-electron chi connectivity index (χ1n) is 8.87. The number of aromatic nitrogens is 1. The molecule has 140 valence electrons. The Hall–Kier alpha value is -2.64. The van der Waals surface area contributed by atoms with Gasteiger partial charge in [-0.15, -0.1) is 0 Å². The summed E-state index contributed by atoms with van der Waals surface area (Å²) in [7, 11) is 3.45. The highest BCUT2D eigenvalue weighted by Gasteiger charge is 2.37. The topological polar surface area (TPSA) is 77.1 Å². The summed E-state index contributed by atoms with van der Waals surface area (Å²) in [5.74, 6) is -0.255. The number of pyridine rings is 1. The van der Waals surface area contributed by atoms with Gasteiger partial charge in [-0.1, -0.05) is 0 Å². The van der Waals surface area contributed by atoms with Gasteiger partial charge in [-0.2, -0.15) is 0 Å². The molecule has 2 fully saturated rings. The molecule has 4 amide bonds. The summed E-state index contributed by atoms with van der Waals surface area (Å²) in [4.78, 5) is 47.8. The van der Waals surface area contributed by atoms with Crippen molar-refractivity contribution in [2.45, 2.75) is 13.0 Å². The first-order chi connectivity index (χ1) is 12.5. The van der Waals surface area contributed by atoms with Crippen LogP contribution in [0.5, 0.6) is 0 Å². The zero-order valence-electron chi connectivity index (χ0n) is 15.3. The van der Waals surface area contributed by atoms with Gasteiger partial charge in [0.1, 0.15) is 0 Å². The Labute approximate surface area is 153 Å². The van der Waals surface area contributed by atoms with Crippen molar-refractivity contribution in [1.29, 1.82) is 0 Å². The van der Waals surface area contributed by atoms with Crippen molar-refractivity contribution in [2.24, 2.45) is 5.92 Å². The minimum atomic E-state index is -0.291. The number of amides is 4. The van der Waals surface area contributed by atoms with Crippen molar-refractivity contribution in [3.63, 3.8) is 0 Å². The molecule has 0 aromatic carbocycles. The first kappa shape index (κ1) is 18.2. The van der Waals surface area contributed by atoms with Gasteiger partial charge in [0.25, 0.3) is 0 Å². The highest BCUT2D eigenvalue weighted by Crippen LogP contribution is 2.22. The van der Waals surface area contributed by atoms with Crippen LogP contribution in [0.1, 0.15) is 12.0 Å². The summed E-state index contributed by atoms with van der Waals surface area (Å²) in [6.07, 6.45) is 3.67. The van der Waals surface area contributed by atoms with Gasteiger partial charge in [0, 0.05) is 72.2 Å². The lowest BCUT2D eigenvalue weighted by atomic mass is 10.1. The number of rotatable bonds is 3. The second-order valence-corrected chi connectivity index (χ2v) is 7.02. The molecule has 8 nitrogen and oxygen atoms in total. The number of urea groups is 1. The van der Waals surface area contributed by atoms with Gasteiger partial charge in [-0.25, -0.2) is 4.79 Å². The molecule has 0 saturated carbocycles. The minimum absolute atomic E-state index is 0.0154. The zero-order valence-corrected chi connectivity index (χ0v) is 15.3. The van der Waals surface area contributed by atoms with Crippen LogP contribution in [0.15, 0.2) is 24.5 Å². The van der Waals surface area contributed by atoms with E-state index in [4.69, 9.17) is 0 Å². The molecule has 1 atom stereocenters. The lowest BCUT2D eigenvalue weighted by Gasteiger charge is -2.36. The SMILES string of the molecule is CN(C)C(=O)N1CCN(C(=O)C2CC(=O)N(Cc3ccncc3)C2)CC1. The van der Waals surface area contributed by atoms with Gasteiger partial charge >= 0.3 is 6.03 Å². The molecule has 0 N–H and O–H groups in total. The van der Waals surface area contributed by atoms with E-state index >= 15 is 0 Å². The highest BCUT2D eigenvalue weighted by atomic mass is 16.2. The maximum absolute atomic E-state index is 12.8. The quantitative estimate of drug-likeness (QED) is 0.775. The molecule has 3 heterocycles. The van der Waals surface area contributed by atoms with Crippen LogP contribution in [0, 0.1) is 5.92 Å². The van der Waals surface area contributed by atoms with Crippen LogP contribution in [-0.2, 0) is 16.1 Å². The molecule has 2 aliphatic rings. The Kier molecular flexibility index (Phi) is 5.39. The number of carbonyl (C=O) groups is 3. The van der Waals surface area contributed by atoms with E-state index in [2.05, 4.69) is 4.98 Å². The van der Waals surface area contributed by atoms with Crippen LogP contribution in [0.25, 0.3) is 0 Å². The maximum atomic E-state index is 12.8. The number of likely N-dealkylation sites (tertiary alicyclic amines) is 1. The molecule has 0 radical (unpaired) electrons. The summed E-state index contributed by atoms with van der Waals surface area (Å²) in [5, 5.41) is 0. The fourth-order valence-corrected chi connectivity index (χ4v) is 3.46. The van der Waals surface area contributed by atoms with Crippen molar-refractivity contribution >= 4 is 17.8 Å². The van der Waals surface area contributed by atoms with Crippen LogP contribution in [-0.4, -0.2) is 89.2 Å². The summed E-state index contributed by atoms with van der Waals surface area (Å²) in [6.45, 7) is 3.07. The Morgan fingerprint density at radius 3 is 2.35 bits per heavy atom. The van der Waals surface area contributed by atoms with E-state index < -0.39 is 0 Å². The molecule has 0 spiro atoms. The van der Waals surface area contributed by atoms with Crippen molar-refractivity contribution in [3.8, 4) is 0 Å². The van der Waals surface area contributed by atoms with E-state index in [-0.39, 0.29) is 30.2 Å². The second kappa shape index (κ2) is 7.72. The Bertz CT molecular complexity index is 671. The van der Waals surface area contributed by atoms with Gasteiger partial charge in [0.05, 0.1) is 5.92 Å². The van der Waals surface area contributed by atoms with Crippen LogP contribution >= 0.6 is 0 Å². The smallest absolute Gasteiger partial charge is 0.319 e. The molecular weight excluding hydrogens is 334 g/mol. The van der Waals surface area contributed by atoms with Gasteiger partial charge in [-0.05, 0) is 17.7 Å². The van der Waals surface area contributed by atoms with Gasteiger partial charge < -0.3 is 19.6 Å². The summed E-state index contributed by atoms with van der Waals surface area (Å²) >= 11 is 0. The average Bonchev–Trinajstić information content (AvgIpc) is 3.02. The Balaban J connectivity index is 1.53. The molecule has 1 aromatic rings. The van der Waals surface area contributed by atoms with E-state index in [1.165, 1.54) is 0 Å². The van der Waals surface area contributed by atoms with Crippen LogP contribution < -0.4 is 0 Å². The fourth-order valence-electron chi connectivity index (χ4n) is 3.46. The number of piperazine rings is 1. The van der Waals surface area contributed by atoms with E-state index in [1.807, 2.05) is 12.1 Å². The molecule has 2 saturated heterocycles. The number of nitrogens with zero attached hydrogens (tertiary/aromatic N) is 5. The maximum Gasteiger partial charge on any atom is 0.319 e. The first-order valence-corrected chi connectivity index (χ1v) is 8.87. The number of hydrogen-bond donors (Lipinski definition) is 0. The molecule has 1 aromatic heterocycles. The molecule has 1 unspecified atom stereocenters. The highest BCUT2D eigenvalue weighted by molar-refractivity contribution is 5.89. The van der Waals surface area contributed by atoms with Crippen molar-refractivity contribution in [1.82, 2.24) is 24.6 Å². The largest absolute Gasteiger partial charge is 0.339 e. The lowest BCUT2D eigenvalue weighted by molar-refractivity contribution is -0.137.